The lowest BCUT2D eigenvalue weighted by atomic mass is 10.1. The van der Waals surface area contributed by atoms with E-state index in [9.17, 15) is 8.42 Å². The van der Waals surface area contributed by atoms with Crippen molar-refractivity contribution in [3.63, 3.8) is 0 Å². The van der Waals surface area contributed by atoms with Gasteiger partial charge in [-0.2, -0.15) is 0 Å². The van der Waals surface area contributed by atoms with Gasteiger partial charge in [0.05, 0.1) is 4.90 Å². The van der Waals surface area contributed by atoms with E-state index < -0.39 is 10.0 Å². The summed E-state index contributed by atoms with van der Waals surface area (Å²) in [6.45, 7) is 1.67. The van der Waals surface area contributed by atoms with Crippen LogP contribution in [0.3, 0.4) is 0 Å². The second-order valence-corrected chi connectivity index (χ2v) is 6.89. The molecule has 0 bridgehead atoms. The zero-order chi connectivity index (χ0) is 14.0. The maximum Gasteiger partial charge on any atom is 0.240 e. The van der Waals surface area contributed by atoms with Crippen LogP contribution >= 0.6 is 12.4 Å². The molecule has 0 saturated carbocycles. The normalized spacial score (nSPS) is 19.1. The molecule has 3 rings (SSSR count). The van der Waals surface area contributed by atoms with Crippen LogP contribution in [0.5, 0.6) is 0 Å². The van der Waals surface area contributed by atoms with Crippen molar-refractivity contribution in [1.82, 2.24) is 10.0 Å². The summed E-state index contributed by atoms with van der Waals surface area (Å²) in [5.74, 6) is 0. The number of rotatable bonds is 3. The molecule has 1 fully saturated rings. The van der Waals surface area contributed by atoms with Gasteiger partial charge in [0, 0.05) is 12.6 Å². The first-order chi connectivity index (χ1) is 9.65. The summed E-state index contributed by atoms with van der Waals surface area (Å²) < 4.78 is 27.6. The van der Waals surface area contributed by atoms with Crippen molar-refractivity contribution in [2.75, 3.05) is 13.1 Å². The summed E-state index contributed by atoms with van der Waals surface area (Å²) in [7, 11) is -3.44. The lowest BCUT2D eigenvalue weighted by Gasteiger charge is -2.23. The first-order valence-electron chi connectivity index (χ1n) is 6.87. The molecule has 1 aliphatic rings. The Morgan fingerprint density at radius 1 is 1.10 bits per heavy atom. The minimum absolute atomic E-state index is 0. The summed E-state index contributed by atoms with van der Waals surface area (Å²) in [5.41, 5.74) is 0. The van der Waals surface area contributed by atoms with E-state index in [0.29, 0.717) is 11.4 Å². The number of hydrogen-bond donors (Lipinski definition) is 2. The molecule has 1 saturated heterocycles. The molecule has 0 unspecified atom stereocenters. The highest BCUT2D eigenvalue weighted by molar-refractivity contribution is 7.89. The molecular formula is C15H19ClN2O2S. The minimum Gasteiger partial charge on any atom is -0.315 e. The molecule has 0 aromatic heterocycles. The van der Waals surface area contributed by atoms with Crippen LogP contribution in [0.15, 0.2) is 47.4 Å². The van der Waals surface area contributed by atoms with Gasteiger partial charge in [-0.25, -0.2) is 13.1 Å². The monoisotopic (exact) mass is 326 g/mol. The van der Waals surface area contributed by atoms with Gasteiger partial charge in [0.2, 0.25) is 10.0 Å². The van der Waals surface area contributed by atoms with Crippen LogP contribution in [0.4, 0.5) is 0 Å². The average Bonchev–Trinajstić information content (AvgIpc) is 2.47. The van der Waals surface area contributed by atoms with Crippen LogP contribution in [0.25, 0.3) is 10.8 Å². The van der Waals surface area contributed by atoms with E-state index in [0.717, 1.165) is 30.2 Å². The highest BCUT2D eigenvalue weighted by Gasteiger charge is 2.21. The predicted octanol–water partition coefficient (Wildman–Crippen LogP) is 2.29. The largest absolute Gasteiger partial charge is 0.315 e. The van der Waals surface area contributed by atoms with Crippen molar-refractivity contribution in [2.24, 2.45) is 0 Å². The lowest BCUT2D eigenvalue weighted by Crippen LogP contribution is -2.45. The molecule has 21 heavy (non-hydrogen) atoms. The zero-order valence-electron chi connectivity index (χ0n) is 11.6. The fraction of sp³-hybridized carbons (Fsp3) is 0.333. The van der Waals surface area contributed by atoms with Crippen molar-refractivity contribution in [2.45, 2.75) is 23.8 Å². The van der Waals surface area contributed by atoms with Gasteiger partial charge in [-0.1, -0.05) is 30.3 Å². The molecule has 1 aliphatic heterocycles. The van der Waals surface area contributed by atoms with Crippen LogP contribution in [0, 0.1) is 0 Å². The van der Waals surface area contributed by atoms with Gasteiger partial charge in [0.1, 0.15) is 0 Å². The summed E-state index contributed by atoms with van der Waals surface area (Å²) in [5, 5.41) is 5.20. The highest BCUT2D eigenvalue weighted by Crippen LogP contribution is 2.19. The van der Waals surface area contributed by atoms with Crippen LogP contribution in [0.2, 0.25) is 0 Å². The average molecular weight is 327 g/mol. The SMILES string of the molecule is Cl.O=S(=O)(N[C@@H]1CCCNC1)c1ccc2ccccc2c1. The van der Waals surface area contributed by atoms with Gasteiger partial charge in [-0.05, 0) is 42.3 Å². The third-order valence-electron chi connectivity index (χ3n) is 3.65. The van der Waals surface area contributed by atoms with Crippen molar-refractivity contribution < 1.29 is 8.42 Å². The third kappa shape index (κ3) is 3.74. The maximum absolute atomic E-state index is 12.4. The number of benzene rings is 2. The van der Waals surface area contributed by atoms with E-state index in [1.807, 2.05) is 30.3 Å². The summed E-state index contributed by atoms with van der Waals surface area (Å²) >= 11 is 0. The fourth-order valence-corrected chi connectivity index (χ4v) is 3.88. The Labute approximate surface area is 131 Å². The second-order valence-electron chi connectivity index (χ2n) is 5.17. The zero-order valence-corrected chi connectivity index (χ0v) is 13.2. The van der Waals surface area contributed by atoms with Gasteiger partial charge in [-0.15, -0.1) is 12.4 Å². The summed E-state index contributed by atoms with van der Waals surface area (Å²) in [6, 6.07) is 13.0. The molecule has 6 heteroatoms. The molecular weight excluding hydrogens is 308 g/mol. The predicted molar refractivity (Wildman–Crippen MR) is 87.4 cm³/mol. The molecule has 2 aromatic carbocycles. The summed E-state index contributed by atoms with van der Waals surface area (Å²) in [6.07, 6.45) is 1.89. The van der Waals surface area contributed by atoms with Gasteiger partial charge in [0.25, 0.3) is 0 Å². The van der Waals surface area contributed by atoms with Gasteiger partial charge in [-0.3, -0.25) is 0 Å². The Balaban J connectivity index is 0.00000161. The smallest absolute Gasteiger partial charge is 0.240 e. The molecule has 0 spiro atoms. The lowest BCUT2D eigenvalue weighted by molar-refractivity contribution is 0.428. The van der Waals surface area contributed by atoms with Crippen molar-refractivity contribution in [3.8, 4) is 0 Å². The number of hydrogen-bond acceptors (Lipinski definition) is 3. The first kappa shape index (κ1) is 16.2. The van der Waals surface area contributed by atoms with E-state index in [-0.39, 0.29) is 18.4 Å². The fourth-order valence-electron chi connectivity index (χ4n) is 2.57. The van der Waals surface area contributed by atoms with E-state index in [2.05, 4.69) is 10.0 Å². The molecule has 0 aliphatic carbocycles. The van der Waals surface area contributed by atoms with Crippen LogP contribution in [0.1, 0.15) is 12.8 Å². The van der Waals surface area contributed by atoms with E-state index in [4.69, 9.17) is 0 Å². The molecule has 4 nitrogen and oxygen atoms in total. The van der Waals surface area contributed by atoms with E-state index in [1.54, 1.807) is 12.1 Å². The third-order valence-corrected chi connectivity index (χ3v) is 5.17. The van der Waals surface area contributed by atoms with Crippen molar-refractivity contribution in [3.05, 3.63) is 42.5 Å². The summed E-state index contributed by atoms with van der Waals surface area (Å²) in [4.78, 5) is 0.335. The van der Waals surface area contributed by atoms with Crippen LogP contribution in [-0.4, -0.2) is 27.5 Å². The van der Waals surface area contributed by atoms with Gasteiger partial charge < -0.3 is 5.32 Å². The number of halogens is 1. The van der Waals surface area contributed by atoms with E-state index >= 15 is 0 Å². The van der Waals surface area contributed by atoms with Gasteiger partial charge >= 0.3 is 0 Å². The van der Waals surface area contributed by atoms with Crippen molar-refractivity contribution >= 4 is 33.2 Å². The molecule has 2 aromatic rings. The molecule has 114 valence electrons. The number of fused-ring (bicyclic) bond motifs is 1. The minimum atomic E-state index is -3.44. The molecule has 2 N–H and O–H groups in total. The highest BCUT2D eigenvalue weighted by atomic mass is 35.5. The Kier molecular flexibility index (Phi) is 5.22. The van der Waals surface area contributed by atoms with E-state index in [1.165, 1.54) is 0 Å². The molecule has 0 amide bonds. The van der Waals surface area contributed by atoms with Crippen LogP contribution in [-0.2, 0) is 10.0 Å². The molecule has 0 radical (unpaired) electrons. The quantitative estimate of drug-likeness (QED) is 0.910. The van der Waals surface area contributed by atoms with Crippen LogP contribution < -0.4 is 10.0 Å². The van der Waals surface area contributed by atoms with Gasteiger partial charge in [0.15, 0.2) is 0 Å². The standard InChI is InChI=1S/C15H18N2O2S.ClH/c18-20(19,17-14-6-3-9-16-11-14)15-8-7-12-4-1-2-5-13(12)10-15;/h1-2,4-5,7-8,10,14,16-17H,3,6,9,11H2;1H/t14-;/m1./s1. The number of sulfonamides is 1. The first-order valence-corrected chi connectivity index (χ1v) is 8.35. The Morgan fingerprint density at radius 2 is 1.86 bits per heavy atom. The maximum atomic E-state index is 12.4. The molecule has 1 heterocycles. The Hall–Kier alpha value is -1.14. The van der Waals surface area contributed by atoms with Crippen molar-refractivity contribution in [1.29, 1.82) is 0 Å². The second kappa shape index (κ2) is 6.75. The Bertz CT molecular complexity index is 712. The Morgan fingerprint density at radius 3 is 2.57 bits per heavy atom. The number of nitrogens with one attached hydrogen (secondary N) is 2. The topological polar surface area (TPSA) is 58.2 Å². The molecule has 1 atom stereocenters. The number of piperidine rings is 1.